The van der Waals surface area contributed by atoms with E-state index in [2.05, 4.69) is 5.32 Å². The summed E-state index contributed by atoms with van der Waals surface area (Å²) in [5, 5.41) is 12.2. The molecule has 0 saturated carbocycles. The van der Waals surface area contributed by atoms with Crippen molar-refractivity contribution in [2.75, 3.05) is 19.0 Å². The van der Waals surface area contributed by atoms with Crippen LogP contribution in [-0.2, 0) is 10.2 Å². The standard InChI is InChI=1S/C36H27N3O5/c1-43-24-16-14-23(15-17-24)32(40)30-31(33(41)26-10-4-7-13-29(26)44-21-19-37)39-20-18-22-8-2-3-9-25(22)34(39)36(30)27-11-5-6-12-28(27)38-35(36)42/h2-18,20,30-31,34H,21H2,1H3,(H,38,42)/t30-,31+,34-,36-/m0/s1. The van der Waals surface area contributed by atoms with Crippen LogP contribution in [0.25, 0.3) is 6.08 Å². The Bertz CT molecular complexity index is 1890. The van der Waals surface area contributed by atoms with Crippen molar-refractivity contribution in [3.05, 3.63) is 131 Å². The summed E-state index contributed by atoms with van der Waals surface area (Å²) >= 11 is 0. The number of Topliss-reactive ketones (excluding diaryl/α,β-unsaturated/α-hetero) is 2. The molecule has 0 radical (unpaired) electrons. The Morgan fingerprint density at radius 3 is 2.45 bits per heavy atom. The van der Waals surface area contributed by atoms with Crippen LogP contribution in [0.5, 0.6) is 11.5 Å². The highest BCUT2D eigenvalue weighted by Gasteiger charge is 2.70. The predicted octanol–water partition coefficient (Wildman–Crippen LogP) is 5.58. The van der Waals surface area contributed by atoms with E-state index < -0.39 is 23.4 Å². The maximum atomic E-state index is 14.9. The fraction of sp³-hybridized carbons (Fsp3) is 0.167. The highest BCUT2D eigenvalue weighted by molar-refractivity contribution is 6.17. The summed E-state index contributed by atoms with van der Waals surface area (Å²) in [4.78, 5) is 46.2. The quantitative estimate of drug-likeness (QED) is 0.284. The average Bonchev–Trinajstić information content (AvgIpc) is 3.55. The van der Waals surface area contributed by atoms with E-state index in [9.17, 15) is 19.6 Å². The van der Waals surface area contributed by atoms with Gasteiger partial charge in [0, 0.05) is 17.5 Å². The van der Waals surface area contributed by atoms with E-state index in [0.717, 1.165) is 11.1 Å². The summed E-state index contributed by atoms with van der Waals surface area (Å²) in [5.74, 6) is -1.36. The van der Waals surface area contributed by atoms with E-state index in [4.69, 9.17) is 9.47 Å². The molecule has 0 aliphatic carbocycles. The summed E-state index contributed by atoms with van der Waals surface area (Å²) < 4.78 is 11.0. The zero-order chi connectivity index (χ0) is 30.4. The van der Waals surface area contributed by atoms with Crippen LogP contribution in [0.1, 0.15) is 43.4 Å². The second-order valence-electron chi connectivity index (χ2n) is 11.0. The van der Waals surface area contributed by atoms with E-state index in [0.29, 0.717) is 22.6 Å². The van der Waals surface area contributed by atoms with Gasteiger partial charge in [0.05, 0.1) is 24.6 Å². The number of methoxy groups -OCH3 is 1. The number of hydrogen-bond acceptors (Lipinski definition) is 7. The lowest BCUT2D eigenvalue weighted by Gasteiger charge is -2.38. The van der Waals surface area contributed by atoms with Crippen molar-refractivity contribution in [3.8, 4) is 17.6 Å². The van der Waals surface area contributed by atoms with Gasteiger partial charge in [0.15, 0.2) is 18.2 Å². The molecule has 1 spiro atoms. The van der Waals surface area contributed by atoms with E-state index in [1.165, 1.54) is 0 Å². The van der Waals surface area contributed by atoms with Crippen molar-refractivity contribution >= 4 is 29.2 Å². The molecule has 8 heteroatoms. The number of benzene rings is 4. The number of rotatable bonds is 7. The molecule has 1 saturated heterocycles. The van der Waals surface area contributed by atoms with Crippen LogP contribution >= 0.6 is 0 Å². The number of hydrogen-bond donors (Lipinski definition) is 1. The lowest BCUT2D eigenvalue weighted by molar-refractivity contribution is -0.122. The van der Waals surface area contributed by atoms with Gasteiger partial charge in [0.2, 0.25) is 5.91 Å². The molecule has 4 atom stereocenters. The van der Waals surface area contributed by atoms with E-state index in [1.54, 1.807) is 55.6 Å². The van der Waals surface area contributed by atoms with Crippen LogP contribution in [-0.4, -0.2) is 42.1 Å². The average molecular weight is 582 g/mol. The van der Waals surface area contributed by atoms with Gasteiger partial charge in [0.25, 0.3) is 0 Å². The Labute approximate surface area is 254 Å². The van der Waals surface area contributed by atoms with Crippen molar-refractivity contribution in [1.82, 2.24) is 4.90 Å². The zero-order valence-electron chi connectivity index (χ0n) is 23.8. The topological polar surface area (TPSA) is 109 Å². The number of ether oxygens (including phenoxy) is 2. The first-order valence-electron chi connectivity index (χ1n) is 14.3. The number of carbonyl (C=O) groups excluding carboxylic acids is 3. The molecule has 3 aliphatic heterocycles. The van der Waals surface area contributed by atoms with Crippen molar-refractivity contribution in [1.29, 1.82) is 5.26 Å². The van der Waals surface area contributed by atoms with Crippen LogP contribution in [0, 0.1) is 17.2 Å². The van der Waals surface area contributed by atoms with Gasteiger partial charge in [0.1, 0.15) is 29.0 Å². The van der Waals surface area contributed by atoms with E-state index in [1.807, 2.05) is 71.8 Å². The first-order valence-corrected chi connectivity index (χ1v) is 14.3. The maximum absolute atomic E-state index is 14.9. The first-order chi connectivity index (χ1) is 21.5. The van der Waals surface area contributed by atoms with Gasteiger partial charge in [-0.25, -0.2) is 0 Å². The Kier molecular flexibility index (Phi) is 6.51. The summed E-state index contributed by atoms with van der Waals surface area (Å²) in [6.07, 6.45) is 3.74. The number of anilines is 1. The van der Waals surface area contributed by atoms with Gasteiger partial charge >= 0.3 is 0 Å². The van der Waals surface area contributed by atoms with Crippen LogP contribution in [0.4, 0.5) is 5.69 Å². The summed E-state index contributed by atoms with van der Waals surface area (Å²) in [5.41, 5.74) is 2.18. The number of carbonyl (C=O) groups is 3. The molecule has 1 N–H and O–H groups in total. The summed E-state index contributed by atoms with van der Waals surface area (Å²) in [6, 6.07) is 28.8. The van der Waals surface area contributed by atoms with Gasteiger partial charge in [-0.1, -0.05) is 54.6 Å². The lowest BCUT2D eigenvalue weighted by atomic mass is 9.62. The van der Waals surface area contributed by atoms with Crippen molar-refractivity contribution in [2.24, 2.45) is 5.92 Å². The largest absolute Gasteiger partial charge is 0.497 e. The molecule has 3 aliphatic rings. The monoisotopic (exact) mass is 581 g/mol. The number of amides is 1. The normalized spacial score (nSPS) is 22.4. The molecule has 44 heavy (non-hydrogen) atoms. The minimum Gasteiger partial charge on any atom is -0.497 e. The third-order valence-corrected chi connectivity index (χ3v) is 8.94. The van der Waals surface area contributed by atoms with Gasteiger partial charge in [-0.05, 0) is 65.2 Å². The molecule has 8 nitrogen and oxygen atoms in total. The highest BCUT2D eigenvalue weighted by Crippen LogP contribution is 2.62. The third-order valence-electron chi connectivity index (χ3n) is 8.94. The number of nitrogens with one attached hydrogen (secondary N) is 1. The van der Waals surface area contributed by atoms with Crippen LogP contribution in [0.3, 0.4) is 0 Å². The number of fused-ring (bicyclic) bond motifs is 6. The fourth-order valence-electron chi connectivity index (χ4n) is 7.17. The van der Waals surface area contributed by atoms with Crippen molar-refractivity contribution < 1.29 is 23.9 Å². The van der Waals surface area contributed by atoms with Gasteiger partial charge < -0.3 is 19.7 Å². The number of nitriles is 1. The van der Waals surface area contributed by atoms with Crippen LogP contribution in [0.15, 0.2) is 103 Å². The molecule has 7 rings (SSSR count). The molecule has 4 aromatic rings. The highest BCUT2D eigenvalue weighted by atomic mass is 16.5. The van der Waals surface area contributed by atoms with Crippen LogP contribution < -0.4 is 14.8 Å². The Balaban J connectivity index is 1.51. The number of ketones is 2. The Hall–Kier alpha value is -5.68. The van der Waals surface area contributed by atoms with Gasteiger partial charge in [-0.15, -0.1) is 0 Å². The minimum atomic E-state index is -1.45. The second-order valence-corrected chi connectivity index (χ2v) is 11.0. The fourth-order valence-corrected chi connectivity index (χ4v) is 7.17. The molecule has 1 fully saturated rings. The van der Waals surface area contributed by atoms with Gasteiger partial charge in [-0.2, -0.15) is 5.26 Å². The molecule has 4 aromatic carbocycles. The lowest BCUT2D eigenvalue weighted by Crippen LogP contribution is -2.49. The molecule has 0 bridgehead atoms. The molecule has 216 valence electrons. The number of para-hydroxylation sites is 2. The van der Waals surface area contributed by atoms with Crippen molar-refractivity contribution in [3.63, 3.8) is 0 Å². The predicted molar refractivity (Wildman–Crippen MR) is 163 cm³/mol. The first kappa shape index (κ1) is 27.2. The summed E-state index contributed by atoms with van der Waals surface area (Å²) in [6.45, 7) is -0.248. The smallest absolute Gasteiger partial charge is 0.238 e. The third kappa shape index (κ3) is 3.86. The molecule has 1 amide bonds. The number of nitrogens with zero attached hydrogens (tertiary/aromatic N) is 2. The molecule has 0 unspecified atom stereocenters. The van der Waals surface area contributed by atoms with Crippen molar-refractivity contribution in [2.45, 2.75) is 17.5 Å². The Morgan fingerprint density at radius 1 is 0.932 bits per heavy atom. The van der Waals surface area contributed by atoms with Crippen LogP contribution in [0.2, 0.25) is 0 Å². The zero-order valence-corrected chi connectivity index (χ0v) is 23.8. The summed E-state index contributed by atoms with van der Waals surface area (Å²) in [7, 11) is 1.55. The maximum Gasteiger partial charge on any atom is 0.238 e. The minimum absolute atomic E-state index is 0.232. The Morgan fingerprint density at radius 2 is 1.66 bits per heavy atom. The second kappa shape index (κ2) is 10.5. The van der Waals surface area contributed by atoms with Gasteiger partial charge in [-0.3, -0.25) is 14.4 Å². The SMILES string of the molecule is COc1ccc(C(=O)[C@@H]2[C@H](C(=O)c3ccccc3OCC#N)N3C=Cc4ccccc4[C@H]3[C@@]23C(=O)Nc2ccccc23)cc1. The molecular weight excluding hydrogens is 554 g/mol. The molecule has 0 aromatic heterocycles. The van der Waals surface area contributed by atoms with E-state index >= 15 is 0 Å². The molecule has 3 heterocycles. The molecular formula is C36H27N3O5. The van der Waals surface area contributed by atoms with E-state index in [-0.39, 0.29) is 35.4 Å².